The van der Waals surface area contributed by atoms with Crippen molar-refractivity contribution in [3.05, 3.63) is 65.5 Å². The molecule has 1 N–H and O–H groups in total. The van der Waals surface area contributed by atoms with Crippen molar-refractivity contribution in [1.29, 1.82) is 0 Å². The van der Waals surface area contributed by atoms with E-state index in [1.165, 1.54) is 4.90 Å². The summed E-state index contributed by atoms with van der Waals surface area (Å²) in [7, 11) is 0. The molecule has 2 fully saturated rings. The minimum absolute atomic E-state index is 0.153. The van der Waals surface area contributed by atoms with Gasteiger partial charge in [0.1, 0.15) is 11.9 Å². The first-order chi connectivity index (χ1) is 15.2. The molecule has 1 atom stereocenters. The van der Waals surface area contributed by atoms with Crippen LogP contribution in [0, 0.1) is 5.82 Å². The molecule has 0 spiro atoms. The van der Waals surface area contributed by atoms with Crippen LogP contribution >= 0.6 is 0 Å². The monoisotopic (exact) mass is 451 g/mol. The minimum atomic E-state index is -4.80. The molecule has 2 aliphatic heterocycles. The van der Waals surface area contributed by atoms with Crippen molar-refractivity contribution in [2.75, 3.05) is 25.0 Å². The number of benzene rings is 2. The lowest BCUT2D eigenvalue weighted by Gasteiger charge is -2.35. The van der Waals surface area contributed by atoms with Gasteiger partial charge in [0.05, 0.1) is 17.8 Å². The number of para-hydroxylation sites is 1. The Morgan fingerprint density at radius 3 is 2.38 bits per heavy atom. The number of urea groups is 1. The van der Waals surface area contributed by atoms with E-state index in [0.717, 1.165) is 17.7 Å². The van der Waals surface area contributed by atoms with Crippen molar-refractivity contribution < 1.29 is 31.9 Å². The summed E-state index contributed by atoms with van der Waals surface area (Å²) in [5.41, 5.74) is -1.24. The van der Waals surface area contributed by atoms with Crippen molar-refractivity contribution in [3.63, 3.8) is 0 Å². The van der Waals surface area contributed by atoms with Crippen molar-refractivity contribution >= 4 is 17.8 Å². The van der Waals surface area contributed by atoms with Gasteiger partial charge in [-0.05, 0) is 30.5 Å². The Balaban J connectivity index is 1.37. The molecule has 2 aromatic carbocycles. The van der Waals surface area contributed by atoms with Crippen LogP contribution in [0.5, 0.6) is 0 Å². The lowest BCUT2D eigenvalue weighted by Crippen LogP contribution is -2.48. The molecule has 4 rings (SSSR count). The molecule has 32 heavy (non-hydrogen) atoms. The number of hydrogen-bond donors (Lipinski definition) is 1. The lowest BCUT2D eigenvalue weighted by atomic mass is 10.0. The maximum Gasteiger partial charge on any atom is 0.418 e. The molecule has 10 heteroatoms. The van der Waals surface area contributed by atoms with Crippen LogP contribution in [0.1, 0.15) is 30.1 Å². The van der Waals surface area contributed by atoms with Crippen molar-refractivity contribution in [2.24, 2.45) is 0 Å². The van der Waals surface area contributed by atoms with E-state index in [2.05, 4.69) is 5.32 Å². The number of halogens is 4. The molecule has 1 unspecified atom stereocenters. The summed E-state index contributed by atoms with van der Waals surface area (Å²) < 4.78 is 58.9. The first-order valence-corrected chi connectivity index (χ1v) is 10.2. The number of carbonyl (C=O) groups is 2. The number of piperidine rings is 1. The molecule has 2 heterocycles. The predicted octanol–water partition coefficient (Wildman–Crippen LogP) is 5.03. The number of carbonyl (C=O) groups excluding carboxylic acids is 2. The van der Waals surface area contributed by atoms with Crippen LogP contribution in [0.25, 0.3) is 0 Å². The van der Waals surface area contributed by atoms with Gasteiger partial charge in [0, 0.05) is 19.1 Å². The summed E-state index contributed by atoms with van der Waals surface area (Å²) in [6, 6.07) is 10.9. The van der Waals surface area contributed by atoms with Crippen molar-refractivity contribution in [1.82, 2.24) is 9.80 Å². The van der Waals surface area contributed by atoms with Crippen LogP contribution in [0.2, 0.25) is 0 Å². The van der Waals surface area contributed by atoms with Gasteiger partial charge in [0.2, 0.25) is 0 Å². The van der Waals surface area contributed by atoms with Crippen LogP contribution < -0.4 is 5.32 Å². The van der Waals surface area contributed by atoms with E-state index in [1.807, 2.05) is 30.3 Å². The van der Waals surface area contributed by atoms with E-state index >= 15 is 0 Å². The average molecular weight is 451 g/mol. The van der Waals surface area contributed by atoms with E-state index in [0.29, 0.717) is 25.5 Å². The zero-order valence-corrected chi connectivity index (χ0v) is 16.9. The third-order valence-electron chi connectivity index (χ3n) is 5.75. The molecule has 0 aliphatic carbocycles. The molecular formula is C22H21F4N3O3. The molecule has 0 aromatic heterocycles. The highest BCUT2D eigenvalue weighted by molar-refractivity contribution is 5.90. The third-order valence-corrected chi connectivity index (χ3v) is 5.75. The quantitative estimate of drug-likeness (QED) is 0.666. The zero-order valence-electron chi connectivity index (χ0n) is 16.9. The van der Waals surface area contributed by atoms with Crippen LogP contribution in [-0.4, -0.2) is 47.6 Å². The summed E-state index contributed by atoms with van der Waals surface area (Å²) in [6.45, 7) is 0.821. The summed E-state index contributed by atoms with van der Waals surface area (Å²) >= 11 is 0. The van der Waals surface area contributed by atoms with Crippen LogP contribution in [0.3, 0.4) is 0 Å². The predicted molar refractivity (Wildman–Crippen MR) is 107 cm³/mol. The van der Waals surface area contributed by atoms with Crippen LogP contribution in [0.4, 0.5) is 32.8 Å². The molecule has 3 amide bonds. The fraction of sp³-hybridized carbons (Fsp3) is 0.364. The van der Waals surface area contributed by atoms with Gasteiger partial charge in [-0.3, -0.25) is 0 Å². The highest BCUT2D eigenvalue weighted by Gasteiger charge is 2.39. The van der Waals surface area contributed by atoms with E-state index in [-0.39, 0.29) is 25.2 Å². The summed E-state index contributed by atoms with van der Waals surface area (Å²) in [6.07, 6.45) is -4.72. The SMILES string of the molecule is O=C(Nc1c(F)cccc1C(F)(F)F)N1CCC(N2CC(c3ccccc3)OC2=O)CC1. The highest BCUT2D eigenvalue weighted by atomic mass is 19.4. The molecule has 0 radical (unpaired) electrons. The molecule has 6 nitrogen and oxygen atoms in total. The van der Waals surface area contributed by atoms with Gasteiger partial charge in [-0.2, -0.15) is 13.2 Å². The first kappa shape index (κ1) is 21.9. The van der Waals surface area contributed by atoms with E-state index in [1.54, 1.807) is 4.90 Å². The molecule has 170 valence electrons. The number of rotatable bonds is 3. The summed E-state index contributed by atoms with van der Waals surface area (Å²) in [5.74, 6) is -1.16. The fourth-order valence-corrected chi connectivity index (χ4v) is 4.07. The third kappa shape index (κ3) is 4.49. The Hall–Kier alpha value is -3.30. The number of nitrogens with one attached hydrogen (secondary N) is 1. The average Bonchev–Trinajstić information content (AvgIpc) is 3.16. The van der Waals surface area contributed by atoms with E-state index < -0.39 is 35.4 Å². The molecule has 2 saturated heterocycles. The second-order valence-electron chi connectivity index (χ2n) is 7.74. The van der Waals surface area contributed by atoms with Crippen LogP contribution in [0.15, 0.2) is 48.5 Å². The Morgan fingerprint density at radius 2 is 1.72 bits per heavy atom. The molecule has 0 saturated carbocycles. The number of amides is 3. The highest BCUT2D eigenvalue weighted by Crippen LogP contribution is 2.36. The Kier molecular flexibility index (Phi) is 5.94. The topological polar surface area (TPSA) is 61.9 Å². The molecule has 2 aliphatic rings. The Bertz CT molecular complexity index is 992. The van der Waals surface area contributed by atoms with Gasteiger partial charge in [-0.1, -0.05) is 36.4 Å². The van der Waals surface area contributed by atoms with E-state index in [9.17, 15) is 27.2 Å². The number of likely N-dealkylation sites (tertiary alicyclic amines) is 1. The fourth-order valence-electron chi connectivity index (χ4n) is 4.07. The number of cyclic esters (lactones) is 1. The Labute approximate surface area is 181 Å². The Morgan fingerprint density at radius 1 is 1.03 bits per heavy atom. The number of alkyl halides is 3. The number of anilines is 1. The number of ether oxygens (including phenoxy) is 1. The second kappa shape index (κ2) is 8.68. The van der Waals surface area contributed by atoms with Gasteiger partial charge < -0.3 is 19.9 Å². The number of hydrogen-bond acceptors (Lipinski definition) is 3. The normalized spacial score (nSPS) is 19.8. The molecular weight excluding hydrogens is 430 g/mol. The van der Waals surface area contributed by atoms with Gasteiger partial charge in [-0.15, -0.1) is 0 Å². The summed E-state index contributed by atoms with van der Waals surface area (Å²) in [5, 5.41) is 2.06. The summed E-state index contributed by atoms with van der Waals surface area (Å²) in [4.78, 5) is 27.8. The van der Waals surface area contributed by atoms with Crippen molar-refractivity contribution in [2.45, 2.75) is 31.2 Å². The van der Waals surface area contributed by atoms with Crippen LogP contribution in [-0.2, 0) is 10.9 Å². The zero-order chi connectivity index (χ0) is 22.9. The minimum Gasteiger partial charge on any atom is -0.439 e. The largest absolute Gasteiger partial charge is 0.439 e. The van der Waals surface area contributed by atoms with Gasteiger partial charge >= 0.3 is 18.3 Å². The first-order valence-electron chi connectivity index (χ1n) is 10.2. The van der Waals surface area contributed by atoms with Gasteiger partial charge in [-0.25, -0.2) is 14.0 Å². The van der Waals surface area contributed by atoms with Gasteiger partial charge in [0.15, 0.2) is 0 Å². The van der Waals surface area contributed by atoms with Gasteiger partial charge in [0.25, 0.3) is 0 Å². The maximum atomic E-state index is 14.0. The standard InChI is InChI=1S/C22H21F4N3O3/c23-17-8-4-7-16(22(24,25)26)19(17)27-20(30)28-11-9-15(10-12-28)29-13-18(32-21(29)31)14-5-2-1-3-6-14/h1-8,15,18H,9-13H2,(H,27,30). The van der Waals surface area contributed by atoms with Crippen molar-refractivity contribution in [3.8, 4) is 0 Å². The lowest BCUT2D eigenvalue weighted by molar-refractivity contribution is -0.137. The molecule has 0 bridgehead atoms. The molecule has 2 aromatic rings. The van der Waals surface area contributed by atoms with E-state index in [4.69, 9.17) is 4.74 Å². The maximum absolute atomic E-state index is 14.0. The second-order valence-corrected chi connectivity index (χ2v) is 7.74. The smallest absolute Gasteiger partial charge is 0.418 e. The number of nitrogens with zero attached hydrogens (tertiary/aromatic N) is 2.